The molecular weight excluding hydrogens is 502 g/mol. The van der Waals surface area contributed by atoms with Gasteiger partial charge in [0.05, 0.1) is 12.2 Å². The van der Waals surface area contributed by atoms with Gasteiger partial charge in [0.15, 0.2) is 0 Å². The zero-order chi connectivity index (χ0) is 27.8. The molecule has 4 atom stereocenters. The smallest absolute Gasteiger partial charge is 0.253 e. The lowest BCUT2D eigenvalue weighted by molar-refractivity contribution is 0.0884. The Labute approximate surface area is 237 Å². The van der Waals surface area contributed by atoms with Crippen molar-refractivity contribution in [2.45, 2.75) is 89.9 Å². The zero-order valence-electron chi connectivity index (χ0n) is 24.1. The second kappa shape index (κ2) is 11.4. The van der Waals surface area contributed by atoms with Crippen molar-refractivity contribution in [2.24, 2.45) is 5.92 Å². The summed E-state index contributed by atoms with van der Waals surface area (Å²) in [5.41, 5.74) is 3.47. The van der Waals surface area contributed by atoms with Crippen LogP contribution in [0.3, 0.4) is 0 Å². The number of piperidine rings is 1. The first-order valence-electron chi connectivity index (χ1n) is 15.2. The maximum Gasteiger partial charge on any atom is 0.253 e. The molecule has 3 aliphatic heterocycles. The lowest BCUT2D eigenvalue weighted by Crippen LogP contribution is -2.49. The fraction of sp³-hybridized carbons (Fsp3) is 0.594. The normalized spacial score (nSPS) is 26.2. The Bertz CT molecular complexity index is 1250. The van der Waals surface area contributed by atoms with Crippen molar-refractivity contribution in [3.63, 3.8) is 0 Å². The average Bonchev–Trinajstić information content (AvgIpc) is 3.39. The highest BCUT2D eigenvalue weighted by molar-refractivity contribution is 5.96. The summed E-state index contributed by atoms with van der Waals surface area (Å²) in [6.45, 7) is 9.95. The van der Waals surface area contributed by atoms with Gasteiger partial charge in [-0.05, 0) is 95.5 Å². The molecule has 1 saturated carbocycles. The van der Waals surface area contributed by atoms with E-state index >= 15 is 0 Å². The molecule has 0 bridgehead atoms. The third-order valence-electron chi connectivity index (χ3n) is 9.59. The predicted octanol–water partition coefficient (Wildman–Crippen LogP) is 4.10. The Morgan fingerprint density at radius 2 is 1.85 bits per heavy atom. The SMILES string of the molecule is Cc1c(C(=O)NC2CCN(c3ccc(C(=O)N[C@H]4CCCN(C(C)C)C4)cn3)C3CCC3C2)ccc2c1OCC2. The molecule has 1 aromatic carbocycles. The number of hydrogen-bond acceptors (Lipinski definition) is 6. The second-order valence-electron chi connectivity index (χ2n) is 12.4. The predicted molar refractivity (Wildman–Crippen MR) is 156 cm³/mol. The Balaban J connectivity index is 1.08. The van der Waals surface area contributed by atoms with Gasteiger partial charge in [-0.2, -0.15) is 0 Å². The molecule has 3 unspecified atom stereocenters. The van der Waals surface area contributed by atoms with Gasteiger partial charge in [-0.1, -0.05) is 6.07 Å². The van der Waals surface area contributed by atoms with E-state index in [0.29, 0.717) is 35.7 Å². The van der Waals surface area contributed by atoms with Gasteiger partial charge in [0.1, 0.15) is 11.6 Å². The summed E-state index contributed by atoms with van der Waals surface area (Å²) in [6, 6.07) is 9.14. The van der Waals surface area contributed by atoms with Gasteiger partial charge in [-0.3, -0.25) is 14.5 Å². The van der Waals surface area contributed by atoms with Crippen molar-refractivity contribution in [1.29, 1.82) is 0 Å². The molecule has 40 heavy (non-hydrogen) atoms. The summed E-state index contributed by atoms with van der Waals surface area (Å²) < 4.78 is 5.79. The molecule has 3 fully saturated rings. The summed E-state index contributed by atoms with van der Waals surface area (Å²) in [5.74, 6) is 2.30. The fourth-order valence-corrected chi connectivity index (χ4v) is 7.07. The van der Waals surface area contributed by atoms with Crippen LogP contribution in [0, 0.1) is 12.8 Å². The largest absolute Gasteiger partial charge is 0.493 e. The van der Waals surface area contributed by atoms with Crippen molar-refractivity contribution in [2.75, 3.05) is 31.1 Å². The summed E-state index contributed by atoms with van der Waals surface area (Å²) in [5, 5.41) is 6.57. The molecule has 1 aromatic heterocycles. The Kier molecular flexibility index (Phi) is 7.71. The average molecular weight is 546 g/mol. The molecule has 2 N–H and O–H groups in total. The number of nitrogens with one attached hydrogen (secondary N) is 2. The number of amides is 2. The second-order valence-corrected chi connectivity index (χ2v) is 12.4. The molecule has 1 aliphatic carbocycles. The van der Waals surface area contributed by atoms with Crippen LogP contribution in [0.2, 0.25) is 0 Å². The molecule has 0 radical (unpaired) electrons. The van der Waals surface area contributed by atoms with Crippen molar-refractivity contribution in [1.82, 2.24) is 20.5 Å². The van der Waals surface area contributed by atoms with Crippen LogP contribution in [0.4, 0.5) is 5.82 Å². The van der Waals surface area contributed by atoms with Crippen LogP contribution in [0.5, 0.6) is 5.75 Å². The lowest BCUT2D eigenvalue weighted by Gasteiger charge is -2.43. The Morgan fingerprint density at radius 3 is 2.60 bits per heavy atom. The van der Waals surface area contributed by atoms with E-state index < -0.39 is 0 Å². The van der Waals surface area contributed by atoms with Gasteiger partial charge < -0.3 is 20.3 Å². The van der Waals surface area contributed by atoms with Gasteiger partial charge in [-0.15, -0.1) is 0 Å². The first-order chi connectivity index (χ1) is 19.4. The number of hydrogen-bond donors (Lipinski definition) is 2. The van der Waals surface area contributed by atoms with Crippen molar-refractivity contribution < 1.29 is 14.3 Å². The number of ether oxygens (including phenoxy) is 1. The first kappa shape index (κ1) is 27.1. The molecule has 4 aliphatic rings. The highest BCUT2D eigenvalue weighted by Gasteiger charge is 2.40. The van der Waals surface area contributed by atoms with Gasteiger partial charge in [0, 0.05) is 61.0 Å². The van der Waals surface area contributed by atoms with E-state index in [1.54, 1.807) is 6.20 Å². The number of anilines is 1. The maximum atomic E-state index is 13.3. The third kappa shape index (κ3) is 5.42. The number of nitrogens with zero attached hydrogens (tertiary/aromatic N) is 3. The fourth-order valence-electron chi connectivity index (χ4n) is 7.07. The molecule has 8 heteroatoms. The number of fused-ring (bicyclic) bond motifs is 2. The zero-order valence-corrected chi connectivity index (χ0v) is 24.1. The number of pyridine rings is 1. The minimum Gasteiger partial charge on any atom is -0.493 e. The van der Waals surface area contributed by atoms with Crippen molar-refractivity contribution >= 4 is 17.6 Å². The number of aromatic nitrogens is 1. The van der Waals surface area contributed by atoms with E-state index in [-0.39, 0.29) is 23.9 Å². The van der Waals surface area contributed by atoms with Gasteiger partial charge in [0.2, 0.25) is 0 Å². The molecule has 2 saturated heterocycles. The van der Waals surface area contributed by atoms with E-state index in [2.05, 4.69) is 34.3 Å². The lowest BCUT2D eigenvalue weighted by atomic mass is 9.76. The topological polar surface area (TPSA) is 86.8 Å². The molecule has 214 valence electrons. The van der Waals surface area contributed by atoms with E-state index in [0.717, 1.165) is 75.3 Å². The summed E-state index contributed by atoms with van der Waals surface area (Å²) in [6.07, 6.45) is 8.95. The molecule has 2 aromatic rings. The molecule has 4 heterocycles. The Morgan fingerprint density at radius 1 is 1.00 bits per heavy atom. The molecule has 6 rings (SSSR count). The van der Waals surface area contributed by atoms with Crippen LogP contribution in [-0.4, -0.2) is 72.1 Å². The van der Waals surface area contributed by atoms with Gasteiger partial charge in [0.25, 0.3) is 11.8 Å². The highest BCUT2D eigenvalue weighted by atomic mass is 16.5. The van der Waals surface area contributed by atoms with Crippen LogP contribution >= 0.6 is 0 Å². The Hall–Kier alpha value is -3.13. The summed E-state index contributed by atoms with van der Waals surface area (Å²) in [7, 11) is 0. The number of benzene rings is 1. The number of rotatable bonds is 6. The van der Waals surface area contributed by atoms with Crippen LogP contribution in [0.15, 0.2) is 30.5 Å². The van der Waals surface area contributed by atoms with Crippen molar-refractivity contribution in [3.05, 3.63) is 52.7 Å². The molecule has 8 nitrogen and oxygen atoms in total. The molecule has 0 spiro atoms. The number of likely N-dealkylation sites (tertiary alicyclic amines) is 1. The third-order valence-corrected chi connectivity index (χ3v) is 9.59. The first-order valence-corrected chi connectivity index (χ1v) is 15.2. The van der Waals surface area contributed by atoms with E-state index in [4.69, 9.17) is 9.72 Å². The van der Waals surface area contributed by atoms with Crippen LogP contribution in [-0.2, 0) is 6.42 Å². The standard InChI is InChI=1S/C32H43N5O3/c1-20(2)36-14-4-5-26(19-36)35-31(38)24-8-11-29(33-18-24)37-15-12-25(17-23-7-10-28(23)37)34-32(39)27-9-6-22-13-16-40-30(22)21(27)3/h6,8-9,11,18,20,23,25-26,28H,4-5,7,10,12-17,19H2,1-3H3,(H,34,39)(H,35,38)/t23?,25?,26-,28?/m0/s1. The van der Waals surface area contributed by atoms with E-state index in [1.165, 1.54) is 12.0 Å². The number of carbonyl (C=O) groups is 2. The van der Waals surface area contributed by atoms with E-state index in [1.807, 2.05) is 31.2 Å². The molecular formula is C32H43N5O3. The van der Waals surface area contributed by atoms with Gasteiger partial charge >= 0.3 is 0 Å². The van der Waals surface area contributed by atoms with Crippen LogP contribution < -0.4 is 20.3 Å². The maximum absolute atomic E-state index is 13.3. The minimum atomic E-state index is -0.0398. The quantitative estimate of drug-likeness (QED) is 0.568. The number of carbonyl (C=O) groups excluding carboxylic acids is 2. The minimum absolute atomic E-state index is 0.00639. The monoisotopic (exact) mass is 545 g/mol. The van der Waals surface area contributed by atoms with E-state index in [9.17, 15) is 9.59 Å². The summed E-state index contributed by atoms with van der Waals surface area (Å²) in [4.78, 5) is 35.8. The highest BCUT2D eigenvalue weighted by Crippen LogP contribution is 2.40. The van der Waals surface area contributed by atoms with Gasteiger partial charge in [-0.25, -0.2) is 4.98 Å². The van der Waals surface area contributed by atoms with Crippen LogP contribution in [0.25, 0.3) is 0 Å². The summed E-state index contributed by atoms with van der Waals surface area (Å²) >= 11 is 0. The molecule has 2 amide bonds. The van der Waals surface area contributed by atoms with Crippen molar-refractivity contribution in [3.8, 4) is 5.75 Å². The van der Waals surface area contributed by atoms with Crippen LogP contribution in [0.1, 0.15) is 84.2 Å².